The topological polar surface area (TPSA) is 105 Å². The summed E-state index contributed by atoms with van der Waals surface area (Å²) < 4.78 is 15.0. The van der Waals surface area contributed by atoms with Gasteiger partial charge in [0.15, 0.2) is 0 Å². The van der Waals surface area contributed by atoms with Gasteiger partial charge in [-0.05, 0) is 53.4 Å². The molecule has 0 saturated heterocycles. The molecule has 2 aromatic carbocycles. The molecule has 5 rings (SSSR count). The number of fused-ring (bicyclic) bond motifs is 2. The normalized spacial score (nSPS) is 12.3. The highest BCUT2D eigenvalue weighted by atomic mass is 19.1. The number of nitrogens with zero attached hydrogens (tertiary/aromatic N) is 2. The first-order valence-electron chi connectivity index (χ1n) is 11.1. The summed E-state index contributed by atoms with van der Waals surface area (Å²) in [5.74, 6) is -1.06. The van der Waals surface area contributed by atoms with Gasteiger partial charge in [-0.1, -0.05) is 30.3 Å². The zero-order valence-corrected chi connectivity index (χ0v) is 18.9. The zero-order valence-electron chi connectivity index (χ0n) is 18.9. The summed E-state index contributed by atoms with van der Waals surface area (Å²) in [5.41, 5.74) is 4.82. The van der Waals surface area contributed by atoms with Gasteiger partial charge in [-0.25, -0.2) is 9.37 Å². The van der Waals surface area contributed by atoms with Crippen molar-refractivity contribution in [2.75, 3.05) is 5.32 Å². The number of rotatable bonds is 6. The highest BCUT2D eigenvalue weighted by molar-refractivity contribution is 5.99. The standard InChI is InChI=1S/C26H22FN5O3/c1-15-9-16(5-7-19(15)27)12-28-25(34)21-14-32-22(3-2-4-23(32)30-21)26(35)29-13-17-6-8-20-18(10-17)11-24(33)31-20/h2-10,14H,11-13H2,1H3,(H,28,34)(H,29,35)(H,31,33). The average molecular weight is 471 g/mol. The van der Waals surface area contributed by atoms with Crippen molar-refractivity contribution in [3.63, 3.8) is 0 Å². The van der Waals surface area contributed by atoms with Gasteiger partial charge in [-0.3, -0.25) is 18.8 Å². The first-order chi connectivity index (χ1) is 16.9. The summed E-state index contributed by atoms with van der Waals surface area (Å²) in [6, 6.07) is 15.3. The molecule has 4 aromatic rings. The van der Waals surface area contributed by atoms with Crippen LogP contribution in [0.5, 0.6) is 0 Å². The van der Waals surface area contributed by atoms with E-state index in [1.165, 1.54) is 12.3 Å². The highest BCUT2D eigenvalue weighted by Gasteiger charge is 2.18. The van der Waals surface area contributed by atoms with Gasteiger partial charge in [0, 0.05) is 25.0 Å². The molecule has 1 aliphatic rings. The first kappa shape index (κ1) is 22.3. The van der Waals surface area contributed by atoms with Crippen molar-refractivity contribution in [2.45, 2.75) is 26.4 Å². The number of amides is 3. The number of aryl methyl sites for hydroxylation is 1. The van der Waals surface area contributed by atoms with E-state index >= 15 is 0 Å². The van der Waals surface area contributed by atoms with Crippen LogP contribution < -0.4 is 16.0 Å². The van der Waals surface area contributed by atoms with Crippen LogP contribution in [-0.4, -0.2) is 27.1 Å². The van der Waals surface area contributed by atoms with Crippen LogP contribution in [0.15, 0.2) is 60.8 Å². The molecule has 8 nitrogen and oxygen atoms in total. The summed E-state index contributed by atoms with van der Waals surface area (Å²) in [6.07, 6.45) is 1.85. The van der Waals surface area contributed by atoms with E-state index in [1.807, 2.05) is 18.2 Å². The van der Waals surface area contributed by atoms with Crippen molar-refractivity contribution in [2.24, 2.45) is 0 Å². The van der Waals surface area contributed by atoms with Crippen LogP contribution >= 0.6 is 0 Å². The molecule has 176 valence electrons. The predicted molar refractivity (Wildman–Crippen MR) is 127 cm³/mol. The summed E-state index contributed by atoms with van der Waals surface area (Å²) in [6.45, 7) is 2.18. The Hall–Kier alpha value is -4.53. The molecule has 0 bridgehead atoms. The van der Waals surface area contributed by atoms with E-state index in [0.29, 0.717) is 23.3 Å². The fraction of sp³-hybridized carbons (Fsp3) is 0.154. The van der Waals surface area contributed by atoms with Crippen molar-refractivity contribution >= 4 is 29.1 Å². The lowest BCUT2D eigenvalue weighted by molar-refractivity contribution is -0.115. The maximum atomic E-state index is 13.5. The molecule has 0 spiro atoms. The Bertz CT molecular complexity index is 1490. The Kier molecular flexibility index (Phi) is 5.74. The number of halogens is 1. The quantitative estimate of drug-likeness (QED) is 0.402. The number of aromatic nitrogens is 2. The predicted octanol–water partition coefficient (Wildman–Crippen LogP) is 3.14. The third kappa shape index (κ3) is 4.61. The molecule has 0 saturated carbocycles. The molecule has 0 fully saturated rings. The van der Waals surface area contributed by atoms with E-state index < -0.39 is 5.91 Å². The minimum absolute atomic E-state index is 0.0411. The zero-order chi connectivity index (χ0) is 24.5. The average Bonchev–Trinajstić information content (AvgIpc) is 3.45. The van der Waals surface area contributed by atoms with Gasteiger partial charge in [0.25, 0.3) is 11.8 Å². The largest absolute Gasteiger partial charge is 0.347 e. The molecule has 3 N–H and O–H groups in total. The number of benzene rings is 2. The van der Waals surface area contributed by atoms with Crippen molar-refractivity contribution in [1.29, 1.82) is 0 Å². The fourth-order valence-electron chi connectivity index (χ4n) is 4.06. The van der Waals surface area contributed by atoms with Crippen LogP contribution in [0.1, 0.15) is 43.2 Å². The lowest BCUT2D eigenvalue weighted by Crippen LogP contribution is -2.25. The van der Waals surface area contributed by atoms with Crippen LogP contribution in [0, 0.1) is 12.7 Å². The molecule has 9 heteroatoms. The van der Waals surface area contributed by atoms with Crippen molar-refractivity contribution < 1.29 is 18.8 Å². The number of hydrogen-bond acceptors (Lipinski definition) is 4. The Labute approximate surface area is 200 Å². The lowest BCUT2D eigenvalue weighted by Gasteiger charge is -2.08. The van der Waals surface area contributed by atoms with Gasteiger partial charge in [0.2, 0.25) is 5.91 Å². The van der Waals surface area contributed by atoms with Crippen molar-refractivity contribution in [1.82, 2.24) is 20.0 Å². The number of pyridine rings is 1. The monoisotopic (exact) mass is 471 g/mol. The van der Waals surface area contributed by atoms with Gasteiger partial charge >= 0.3 is 0 Å². The summed E-state index contributed by atoms with van der Waals surface area (Å²) in [5, 5.41) is 8.44. The van der Waals surface area contributed by atoms with E-state index in [2.05, 4.69) is 20.9 Å². The lowest BCUT2D eigenvalue weighted by atomic mass is 10.1. The summed E-state index contributed by atoms with van der Waals surface area (Å²) >= 11 is 0. The number of imidazole rings is 1. The molecule has 3 heterocycles. The number of carbonyl (C=O) groups excluding carboxylic acids is 3. The third-order valence-corrected chi connectivity index (χ3v) is 5.88. The second-order valence-electron chi connectivity index (χ2n) is 8.43. The van der Waals surface area contributed by atoms with E-state index in [-0.39, 0.29) is 36.4 Å². The summed E-state index contributed by atoms with van der Waals surface area (Å²) in [4.78, 5) is 41.4. The number of hydrogen-bond donors (Lipinski definition) is 3. The van der Waals surface area contributed by atoms with Gasteiger partial charge in [-0.2, -0.15) is 0 Å². The SMILES string of the molecule is Cc1cc(CNC(=O)c2cn3c(C(=O)NCc4ccc5c(c4)CC(=O)N5)cccc3n2)ccc1F. The molecule has 3 amide bonds. The maximum absolute atomic E-state index is 13.5. The first-order valence-corrected chi connectivity index (χ1v) is 11.1. The van der Waals surface area contributed by atoms with E-state index in [0.717, 1.165) is 22.4 Å². The fourth-order valence-corrected chi connectivity index (χ4v) is 4.06. The highest BCUT2D eigenvalue weighted by Crippen LogP contribution is 2.23. The molecule has 0 radical (unpaired) electrons. The number of nitrogens with one attached hydrogen (secondary N) is 3. The van der Waals surface area contributed by atoms with Gasteiger partial charge in [-0.15, -0.1) is 0 Å². The van der Waals surface area contributed by atoms with Crippen LogP contribution in [0.4, 0.5) is 10.1 Å². The molecule has 1 aliphatic heterocycles. The van der Waals surface area contributed by atoms with E-state index in [4.69, 9.17) is 0 Å². The van der Waals surface area contributed by atoms with Gasteiger partial charge < -0.3 is 16.0 Å². The van der Waals surface area contributed by atoms with Crippen LogP contribution in [0.3, 0.4) is 0 Å². The molecule has 35 heavy (non-hydrogen) atoms. The molecule has 2 aromatic heterocycles. The van der Waals surface area contributed by atoms with Crippen molar-refractivity contribution in [3.05, 3.63) is 100 Å². The van der Waals surface area contributed by atoms with E-state index in [9.17, 15) is 18.8 Å². The second kappa shape index (κ2) is 9.02. The smallest absolute Gasteiger partial charge is 0.271 e. The van der Waals surface area contributed by atoms with Gasteiger partial charge in [0.1, 0.15) is 22.9 Å². The van der Waals surface area contributed by atoms with Crippen LogP contribution in [-0.2, 0) is 24.3 Å². The Balaban J connectivity index is 1.27. The van der Waals surface area contributed by atoms with E-state index in [1.54, 1.807) is 41.7 Å². The molecule has 0 unspecified atom stereocenters. The Morgan fingerprint density at radius 3 is 2.57 bits per heavy atom. The van der Waals surface area contributed by atoms with Gasteiger partial charge in [0.05, 0.1) is 6.42 Å². The Morgan fingerprint density at radius 1 is 1.03 bits per heavy atom. The number of anilines is 1. The minimum atomic E-state index is -0.400. The van der Waals surface area contributed by atoms with Crippen LogP contribution in [0.2, 0.25) is 0 Å². The second-order valence-corrected chi connectivity index (χ2v) is 8.43. The molecule has 0 atom stereocenters. The number of carbonyl (C=O) groups is 3. The minimum Gasteiger partial charge on any atom is -0.347 e. The molecule has 0 aliphatic carbocycles. The summed E-state index contributed by atoms with van der Waals surface area (Å²) in [7, 11) is 0. The molecular formula is C26H22FN5O3. The molecular weight excluding hydrogens is 449 g/mol. The third-order valence-electron chi connectivity index (χ3n) is 5.88. The van der Waals surface area contributed by atoms with Crippen LogP contribution in [0.25, 0.3) is 5.65 Å². The van der Waals surface area contributed by atoms with Crippen molar-refractivity contribution in [3.8, 4) is 0 Å². The Morgan fingerprint density at radius 2 is 1.77 bits per heavy atom. The maximum Gasteiger partial charge on any atom is 0.271 e.